The molecule has 0 saturated heterocycles. The Hall–Kier alpha value is -3.80. The second-order valence-electron chi connectivity index (χ2n) is 7.09. The maximum absolute atomic E-state index is 12.4. The van der Waals surface area contributed by atoms with E-state index >= 15 is 0 Å². The zero-order valence-corrected chi connectivity index (χ0v) is 17.4. The molecular weight excluding hydrogens is 396 g/mol. The monoisotopic (exact) mass is 420 g/mol. The predicted octanol–water partition coefficient (Wildman–Crippen LogP) is 2.01. The summed E-state index contributed by atoms with van der Waals surface area (Å²) in [6, 6.07) is 13.9. The number of aromatic nitrogens is 1. The molecule has 0 aliphatic carbocycles. The fourth-order valence-corrected chi connectivity index (χ4v) is 2.84. The Morgan fingerprint density at radius 2 is 1.97 bits per heavy atom. The number of aromatic amines is 1. The average Bonchev–Trinajstić information content (AvgIpc) is 3.19. The number of nitrogens with zero attached hydrogens (tertiary/aromatic N) is 1. The van der Waals surface area contributed by atoms with Gasteiger partial charge < -0.3 is 19.9 Å². The van der Waals surface area contributed by atoms with Gasteiger partial charge in [0.25, 0.3) is 11.8 Å². The van der Waals surface area contributed by atoms with E-state index in [-0.39, 0.29) is 12.5 Å². The number of hydrogen-bond donors (Lipinski definition) is 4. The van der Waals surface area contributed by atoms with Gasteiger partial charge in [0.1, 0.15) is 18.1 Å². The average molecular weight is 420 g/mol. The van der Waals surface area contributed by atoms with Crippen molar-refractivity contribution < 1.29 is 19.5 Å². The van der Waals surface area contributed by atoms with E-state index < -0.39 is 5.91 Å². The second-order valence-corrected chi connectivity index (χ2v) is 7.09. The van der Waals surface area contributed by atoms with Crippen LogP contribution in [0.5, 0.6) is 5.75 Å². The molecular formula is C23H24N4O4. The minimum Gasteiger partial charge on any atom is -0.492 e. The van der Waals surface area contributed by atoms with Crippen molar-refractivity contribution >= 4 is 22.7 Å². The van der Waals surface area contributed by atoms with Crippen LogP contribution in [-0.2, 0) is 0 Å². The number of ether oxygens (including phenoxy) is 1. The fraction of sp³-hybridized carbons (Fsp3) is 0.217. The van der Waals surface area contributed by atoms with Crippen LogP contribution in [0.2, 0.25) is 0 Å². The predicted molar refractivity (Wildman–Crippen MR) is 117 cm³/mol. The van der Waals surface area contributed by atoms with Crippen LogP contribution >= 0.6 is 0 Å². The normalized spacial score (nSPS) is 10.5. The molecule has 8 heteroatoms. The molecule has 0 bridgehead atoms. The maximum atomic E-state index is 12.4. The van der Waals surface area contributed by atoms with Gasteiger partial charge in [0.2, 0.25) is 0 Å². The third kappa shape index (κ3) is 6.09. The molecule has 1 heterocycles. The van der Waals surface area contributed by atoms with Crippen LogP contribution < -0.4 is 15.5 Å². The number of carbonyl (C=O) groups is 2. The van der Waals surface area contributed by atoms with Gasteiger partial charge in [-0.05, 0) is 56.6 Å². The number of H-pyrrole nitrogens is 1. The number of benzene rings is 2. The quantitative estimate of drug-likeness (QED) is 0.266. The second kappa shape index (κ2) is 10.3. The van der Waals surface area contributed by atoms with Gasteiger partial charge in [0.05, 0.1) is 6.54 Å². The van der Waals surface area contributed by atoms with E-state index in [1.54, 1.807) is 35.8 Å². The number of amides is 2. The molecule has 0 aliphatic rings. The van der Waals surface area contributed by atoms with Crippen molar-refractivity contribution in [3.63, 3.8) is 0 Å². The van der Waals surface area contributed by atoms with Crippen LogP contribution in [0.15, 0.2) is 48.5 Å². The first-order valence-electron chi connectivity index (χ1n) is 9.68. The summed E-state index contributed by atoms with van der Waals surface area (Å²) < 4.78 is 5.73. The molecule has 160 valence electrons. The molecule has 0 radical (unpaired) electrons. The van der Waals surface area contributed by atoms with Gasteiger partial charge in [-0.25, -0.2) is 5.48 Å². The molecule has 3 rings (SSSR count). The number of hydroxylamine groups is 1. The van der Waals surface area contributed by atoms with Gasteiger partial charge in [0, 0.05) is 28.6 Å². The smallest absolute Gasteiger partial charge is 0.274 e. The maximum Gasteiger partial charge on any atom is 0.274 e. The SMILES string of the molecule is CN(C)CCOc1ccc2[nH]c(C(=O)NCC#Cc3cccc(C(=O)NO)c3)cc2c1. The number of fused-ring (bicyclic) bond motifs is 1. The molecule has 1 aromatic heterocycles. The van der Waals surface area contributed by atoms with E-state index in [1.807, 2.05) is 37.2 Å². The van der Waals surface area contributed by atoms with Crippen LogP contribution in [0.3, 0.4) is 0 Å². The van der Waals surface area contributed by atoms with Crippen LogP contribution in [0.1, 0.15) is 26.4 Å². The summed E-state index contributed by atoms with van der Waals surface area (Å²) in [6.07, 6.45) is 0. The molecule has 3 aromatic rings. The van der Waals surface area contributed by atoms with Crippen molar-refractivity contribution in [2.45, 2.75) is 0 Å². The van der Waals surface area contributed by atoms with Gasteiger partial charge in [-0.1, -0.05) is 17.9 Å². The Morgan fingerprint density at radius 3 is 2.74 bits per heavy atom. The first-order chi connectivity index (χ1) is 15.0. The Bertz CT molecular complexity index is 1140. The van der Waals surface area contributed by atoms with Gasteiger partial charge in [0.15, 0.2) is 0 Å². The minimum atomic E-state index is -0.609. The highest BCUT2D eigenvalue weighted by Crippen LogP contribution is 2.21. The highest BCUT2D eigenvalue weighted by Gasteiger charge is 2.09. The van der Waals surface area contributed by atoms with Crippen LogP contribution in [-0.4, -0.2) is 60.7 Å². The zero-order chi connectivity index (χ0) is 22.2. The summed E-state index contributed by atoms with van der Waals surface area (Å²) in [5, 5.41) is 12.3. The molecule has 2 aromatic carbocycles. The van der Waals surface area contributed by atoms with Gasteiger partial charge >= 0.3 is 0 Å². The first kappa shape index (κ1) is 21.9. The van der Waals surface area contributed by atoms with E-state index in [4.69, 9.17) is 9.94 Å². The van der Waals surface area contributed by atoms with E-state index in [2.05, 4.69) is 22.1 Å². The van der Waals surface area contributed by atoms with E-state index in [1.165, 1.54) is 0 Å². The molecule has 0 spiro atoms. The number of likely N-dealkylation sites (N-methyl/N-ethyl adjacent to an activating group) is 1. The van der Waals surface area contributed by atoms with Crippen molar-refractivity contribution in [2.75, 3.05) is 33.8 Å². The van der Waals surface area contributed by atoms with Crippen LogP contribution in [0.4, 0.5) is 0 Å². The first-order valence-corrected chi connectivity index (χ1v) is 9.68. The molecule has 2 amide bonds. The molecule has 31 heavy (non-hydrogen) atoms. The van der Waals surface area contributed by atoms with E-state index in [0.717, 1.165) is 23.2 Å². The lowest BCUT2D eigenvalue weighted by Gasteiger charge is -2.10. The lowest BCUT2D eigenvalue weighted by atomic mass is 10.1. The molecule has 8 nitrogen and oxygen atoms in total. The molecule has 0 saturated carbocycles. The Morgan fingerprint density at radius 1 is 1.13 bits per heavy atom. The summed E-state index contributed by atoms with van der Waals surface area (Å²) in [4.78, 5) is 29.0. The summed E-state index contributed by atoms with van der Waals surface area (Å²) in [7, 11) is 3.97. The summed E-state index contributed by atoms with van der Waals surface area (Å²) in [6.45, 7) is 1.55. The third-order valence-electron chi connectivity index (χ3n) is 4.44. The molecule has 0 unspecified atom stereocenters. The summed E-state index contributed by atoms with van der Waals surface area (Å²) >= 11 is 0. The molecule has 0 fully saturated rings. The molecule has 0 aliphatic heterocycles. The number of carbonyl (C=O) groups excluding carboxylic acids is 2. The van der Waals surface area contributed by atoms with Gasteiger partial charge in [-0.3, -0.25) is 14.8 Å². The Kier molecular flexibility index (Phi) is 7.27. The largest absolute Gasteiger partial charge is 0.492 e. The fourth-order valence-electron chi connectivity index (χ4n) is 2.84. The Labute approximate surface area is 180 Å². The van der Waals surface area contributed by atoms with Gasteiger partial charge in [-0.2, -0.15) is 0 Å². The minimum absolute atomic E-state index is 0.142. The van der Waals surface area contributed by atoms with Crippen LogP contribution in [0.25, 0.3) is 10.9 Å². The number of nitrogens with one attached hydrogen (secondary N) is 3. The standard InChI is InChI=1S/C23H24N4O4/c1-27(2)11-12-31-19-8-9-20-18(14-19)15-21(25-20)23(29)24-10-4-6-16-5-3-7-17(13-16)22(28)26-30/h3,5,7-9,13-15,25,30H,10-12H2,1-2H3,(H,24,29)(H,26,28). The summed E-state index contributed by atoms with van der Waals surface area (Å²) in [5.41, 5.74) is 3.75. The van der Waals surface area contributed by atoms with Crippen molar-refractivity contribution in [2.24, 2.45) is 0 Å². The highest BCUT2D eigenvalue weighted by atomic mass is 16.5. The van der Waals surface area contributed by atoms with E-state index in [9.17, 15) is 9.59 Å². The summed E-state index contributed by atoms with van der Waals surface area (Å²) in [5.74, 6) is 5.60. The number of rotatable bonds is 7. The van der Waals surface area contributed by atoms with Gasteiger partial charge in [-0.15, -0.1) is 0 Å². The van der Waals surface area contributed by atoms with Crippen LogP contribution in [0, 0.1) is 11.8 Å². The van der Waals surface area contributed by atoms with Crippen molar-refractivity contribution in [1.29, 1.82) is 0 Å². The van der Waals surface area contributed by atoms with Crippen molar-refractivity contribution in [3.8, 4) is 17.6 Å². The molecule has 4 N–H and O–H groups in total. The lowest BCUT2D eigenvalue weighted by molar-refractivity contribution is 0.0706. The topological polar surface area (TPSA) is 107 Å². The van der Waals surface area contributed by atoms with E-state index in [0.29, 0.717) is 23.4 Å². The molecule has 0 atom stereocenters. The van der Waals surface area contributed by atoms with Crippen molar-refractivity contribution in [3.05, 3.63) is 65.4 Å². The third-order valence-corrected chi connectivity index (χ3v) is 4.44. The number of hydrogen-bond acceptors (Lipinski definition) is 5. The Balaban J connectivity index is 1.58. The lowest BCUT2D eigenvalue weighted by Crippen LogP contribution is -2.23. The zero-order valence-electron chi connectivity index (χ0n) is 17.4. The van der Waals surface area contributed by atoms with Crippen molar-refractivity contribution in [1.82, 2.24) is 20.7 Å². The highest BCUT2D eigenvalue weighted by molar-refractivity contribution is 5.98.